The summed E-state index contributed by atoms with van der Waals surface area (Å²) in [6.07, 6.45) is 0.943. The van der Waals surface area contributed by atoms with Crippen LogP contribution in [0.2, 0.25) is 0 Å². The Morgan fingerprint density at radius 2 is 2.26 bits per heavy atom. The molecule has 3 N–H and O–H groups in total. The van der Waals surface area contributed by atoms with Gasteiger partial charge in [0.25, 0.3) is 0 Å². The first-order valence-electron chi connectivity index (χ1n) is 6.90. The summed E-state index contributed by atoms with van der Waals surface area (Å²) in [5.41, 5.74) is 2.20. The van der Waals surface area contributed by atoms with Crippen molar-refractivity contribution >= 4 is 5.69 Å². The predicted octanol–water partition coefficient (Wildman–Crippen LogP) is 1.78. The smallest absolute Gasteiger partial charge is 0.143 e. The Labute approximate surface area is 115 Å². The lowest BCUT2D eigenvalue weighted by atomic mass is 10.0. The van der Waals surface area contributed by atoms with Gasteiger partial charge in [0, 0.05) is 12.6 Å². The van der Waals surface area contributed by atoms with E-state index in [1.165, 1.54) is 5.56 Å². The van der Waals surface area contributed by atoms with Gasteiger partial charge in [-0.15, -0.1) is 0 Å². The zero-order chi connectivity index (χ0) is 13.9. The standard InChI is InChI=1S/C15H24N2O2/c1-11(16-6-7-18)8-12-4-5-14-13(9-12)17-10-15(2,3)19-14/h4-5,9,11,16-18H,6-8,10H2,1-3H3. The van der Waals surface area contributed by atoms with E-state index in [2.05, 4.69) is 43.5 Å². The van der Waals surface area contributed by atoms with Gasteiger partial charge in [-0.1, -0.05) is 6.07 Å². The molecule has 0 spiro atoms. The third kappa shape index (κ3) is 3.85. The molecule has 1 aliphatic heterocycles. The fourth-order valence-corrected chi connectivity index (χ4v) is 2.31. The first-order chi connectivity index (χ1) is 9.00. The van der Waals surface area contributed by atoms with Gasteiger partial charge in [-0.3, -0.25) is 0 Å². The molecule has 106 valence electrons. The zero-order valence-corrected chi connectivity index (χ0v) is 12.0. The summed E-state index contributed by atoms with van der Waals surface area (Å²) >= 11 is 0. The molecule has 0 saturated heterocycles. The van der Waals surface area contributed by atoms with Gasteiger partial charge in [0.15, 0.2) is 0 Å². The first kappa shape index (κ1) is 14.2. The summed E-state index contributed by atoms with van der Waals surface area (Å²) in [5.74, 6) is 0.927. The molecule has 0 bridgehead atoms. The van der Waals surface area contributed by atoms with E-state index in [0.29, 0.717) is 12.6 Å². The van der Waals surface area contributed by atoms with E-state index < -0.39 is 0 Å². The molecule has 4 heteroatoms. The molecule has 1 aromatic carbocycles. The number of hydrogen-bond acceptors (Lipinski definition) is 4. The van der Waals surface area contributed by atoms with Gasteiger partial charge in [0.1, 0.15) is 11.4 Å². The monoisotopic (exact) mass is 264 g/mol. The van der Waals surface area contributed by atoms with E-state index in [9.17, 15) is 0 Å². The Hall–Kier alpha value is -1.26. The maximum absolute atomic E-state index is 8.80. The largest absolute Gasteiger partial charge is 0.484 e. The van der Waals surface area contributed by atoms with E-state index in [4.69, 9.17) is 9.84 Å². The van der Waals surface area contributed by atoms with Crippen molar-refractivity contribution in [2.24, 2.45) is 0 Å². The molecule has 1 aromatic rings. The van der Waals surface area contributed by atoms with E-state index in [0.717, 1.165) is 24.4 Å². The van der Waals surface area contributed by atoms with E-state index in [-0.39, 0.29) is 12.2 Å². The van der Waals surface area contributed by atoms with Crippen LogP contribution in [0.4, 0.5) is 5.69 Å². The number of benzene rings is 1. The van der Waals surface area contributed by atoms with Crippen LogP contribution in [0.15, 0.2) is 18.2 Å². The summed E-state index contributed by atoms with van der Waals surface area (Å²) in [6, 6.07) is 6.66. The Morgan fingerprint density at radius 1 is 1.47 bits per heavy atom. The number of nitrogens with one attached hydrogen (secondary N) is 2. The molecule has 0 saturated carbocycles. The minimum absolute atomic E-state index is 0.148. The summed E-state index contributed by atoms with van der Waals surface area (Å²) in [7, 11) is 0. The molecule has 19 heavy (non-hydrogen) atoms. The van der Waals surface area contributed by atoms with Crippen LogP contribution in [0.5, 0.6) is 5.75 Å². The van der Waals surface area contributed by atoms with Crippen LogP contribution >= 0.6 is 0 Å². The van der Waals surface area contributed by atoms with Gasteiger partial charge in [-0.25, -0.2) is 0 Å². The molecule has 0 amide bonds. The van der Waals surface area contributed by atoms with Crippen LogP contribution in [0.3, 0.4) is 0 Å². The molecule has 2 rings (SSSR count). The Kier molecular flexibility index (Phi) is 4.32. The van der Waals surface area contributed by atoms with Crippen molar-refractivity contribution in [2.75, 3.05) is 25.0 Å². The van der Waals surface area contributed by atoms with Crippen molar-refractivity contribution in [3.05, 3.63) is 23.8 Å². The van der Waals surface area contributed by atoms with Crippen LogP contribution in [0.25, 0.3) is 0 Å². The first-order valence-corrected chi connectivity index (χ1v) is 6.90. The number of aliphatic hydroxyl groups is 1. The number of ether oxygens (including phenoxy) is 1. The van der Waals surface area contributed by atoms with Crippen LogP contribution in [0, 0.1) is 0 Å². The molecule has 1 atom stereocenters. The highest BCUT2D eigenvalue weighted by Gasteiger charge is 2.26. The maximum Gasteiger partial charge on any atom is 0.143 e. The van der Waals surface area contributed by atoms with Crippen LogP contribution in [-0.4, -0.2) is 36.4 Å². The van der Waals surface area contributed by atoms with Gasteiger partial charge in [0.2, 0.25) is 0 Å². The molecule has 1 heterocycles. The Bertz CT molecular complexity index is 432. The molecule has 0 aromatic heterocycles. The van der Waals surface area contributed by atoms with Crippen LogP contribution in [-0.2, 0) is 6.42 Å². The second-order valence-electron chi connectivity index (χ2n) is 5.83. The van der Waals surface area contributed by atoms with Crippen molar-refractivity contribution in [1.29, 1.82) is 0 Å². The molecule has 1 aliphatic rings. The minimum atomic E-state index is -0.148. The molecule has 0 fully saturated rings. The van der Waals surface area contributed by atoms with Crippen molar-refractivity contribution in [1.82, 2.24) is 5.32 Å². The average molecular weight is 264 g/mol. The van der Waals surface area contributed by atoms with Gasteiger partial charge in [0.05, 0.1) is 18.8 Å². The lowest BCUT2D eigenvalue weighted by molar-refractivity contribution is 0.116. The molecule has 4 nitrogen and oxygen atoms in total. The number of rotatable bonds is 5. The number of anilines is 1. The molecule has 1 unspecified atom stereocenters. The third-order valence-corrected chi connectivity index (χ3v) is 3.28. The zero-order valence-electron chi connectivity index (χ0n) is 12.0. The third-order valence-electron chi connectivity index (χ3n) is 3.28. The SMILES string of the molecule is CC(Cc1ccc2c(c1)NCC(C)(C)O2)NCCO. The topological polar surface area (TPSA) is 53.5 Å². The second-order valence-corrected chi connectivity index (χ2v) is 5.83. The number of hydrogen-bond donors (Lipinski definition) is 3. The lowest BCUT2D eigenvalue weighted by Crippen LogP contribution is -2.40. The van der Waals surface area contributed by atoms with Crippen molar-refractivity contribution in [3.8, 4) is 5.75 Å². The van der Waals surface area contributed by atoms with Crippen LogP contribution < -0.4 is 15.4 Å². The fraction of sp³-hybridized carbons (Fsp3) is 0.600. The maximum atomic E-state index is 8.80. The molecule has 0 aliphatic carbocycles. The van der Waals surface area contributed by atoms with Gasteiger partial charge >= 0.3 is 0 Å². The average Bonchev–Trinajstić information content (AvgIpc) is 2.36. The van der Waals surface area contributed by atoms with E-state index in [1.807, 2.05) is 6.07 Å². The normalized spacial score (nSPS) is 18.1. The fourth-order valence-electron chi connectivity index (χ4n) is 2.31. The molecular formula is C15H24N2O2. The van der Waals surface area contributed by atoms with Crippen molar-refractivity contribution in [3.63, 3.8) is 0 Å². The Morgan fingerprint density at radius 3 is 3.00 bits per heavy atom. The highest BCUT2D eigenvalue weighted by Crippen LogP contribution is 2.33. The van der Waals surface area contributed by atoms with Gasteiger partial charge < -0.3 is 20.5 Å². The van der Waals surface area contributed by atoms with Crippen molar-refractivity contribution in [2.45, 2.75) is 38.8 Å². The molecular weight excluding hydrogens is 240 g/mol. The number of fused-ring (bicyclic) bond motifs is 1. The minimum Gasteiger partial charge on any atom is -0.484 e. The highest BCUT2D eigenvalue weighted by molar-refractivity contribution is 5.60. The highest BCUT2D eigenvalue weighted by atomic mass is 16.5. The Balaban J connectivity index is 2.02. The molecule has 0 radical (unpaired) electrons. The van der Waals surface area contributed by atoms with Gasteiger partial charge in [-0.2, -0.15) is 0 Å². The second kappa shape index (κ2) is 5.80. The van der Waals surface area contributed by atoms with Crippen molar-refractivity contribution < 1.29 is 9.84 Å². The summed E-state index contributed by atoms with van der Waals surface area (Å²) in [5, 5.41) is 15.5. The van der Waals surface area contributed by atoms with E-state index in [1.54, 1.807) is 0 Å². The summed E-state index contributed by atoms with van der Waals surface area (Å²) in [4.78, 5) is 0. The summed E-state index contributed by atoms with van der Waals surface area (Å²) < 4.78 is 5.93. The summed E-state index contributed by atoms with van der Waals surface area (Å²) in [6.45, 7) is 7.93. The van der Waals surface area contributed by atoms with Crippen LogP contribution in [0.1, 0.15) is 26.3 Å². The number of aliphatic hydroxyl groups excluding tert-OH is 1. The lowest BCUT2D eigenvalue weighted by Gasteiger charge is -2.33. The quantitative estimate of drug-likeness (QED) is 0.759. The predicted molar refractivity (Wildman–Crippen MR) is 77.9 cm³/mol. The van der Waals surface area contributed by atoms with E-state index >= 15 is 0 Å². The van der Waals surface area contributed by atoms with Gasteiger partial charge in [-0.05, 0) is 44.9 Å².